The van der Waals surface area contributed by atoms with Crippen molar-refractivity contribution in [1.29, 1.82) is 0 Å². The maximum absolute atomic E-state index is 12.5. The fourth-order valence-electron chi connectivity index (χ4n) is 2.14. The molecule has 0 bridgehead atoms. The summed E-state index contributed by atoms with van der Waals surface area (Å²) in [6.07, 6.45) is 1.81. The van der Waals surface area contributed by atoms with E-state index in [1.165, 1.54) is 4.31 Å². The smallest absolute Gasteiger partial charge is 0.252 e. The van der Waals surface area contributed by atoms with Crippen molar-refractivity contribution < 1.29 is 13.2 Å². The number of hydrogen-bond donors (Lipinski definition) is 1. The minimum absolute atomic E-state index is 0.225. The predicted molar refractivity (Wildman–Crippen MR) is 83.6 cm³/mol. The zero-order valence-corrected chi connectivity index (χ0v) is 13.7. The summed E-state index contributed by atoms with van der Waals surface area (Å²) in [7, 11) is -1.84. The van der Waals surface area contributed by atoms with Crippen LogP contribution in [0.3, 0.4) is 0 Å². The Hall–Kier alpha value is -0.540. The maximum atomic E-state index is 12.5. The molecular formula is C12H18N2O3S3. The van der Waals surface area contributed by atoms with Crippen molar-refractivity contribution in [3.05, 3.63) is 17.0 Å². The topological polar surface area (TPSA) is 72.6 Å². The first-order valence-corrected chi connectivity index (χ1v) is 9.01. The quantitative estimate of drug-likeness (QED) is 0.825. The molecule has 2 rings (SSSR count). The highest BCUT2D eigenvalue weighted by molar-refractivity contribution is 7.91. The summed E-state index contributed by atoms with van der Waals surface area (Å²) in [5.74, 6) is 0.360. The van der Waals surface area contributed by atoms with E-state index in [1.54, 1.807) is 19.2 Å². The first-order chi connectivity index (χ1) is 9.41. The third-order valence-electron chi connectivity index (χ3n) is 3.34. The van der Waals surface area contributed by atoms with Crippen LogP contribution in [0.5, 0.6) is 0 Å². The van der Waals surface area contributed by atoms with Gasteiger partial charge in [-0.05, 0) is 30.9 Å². The zero-order chi connectivity index (χ0) is 14.8. The Kier molecular flexibility index (Phi) is 5.14. The molecule has 20 heavy (non-hydrogen) atoms. The summed E-state index contributed by atoms with van der Waals surface area (Å²) in [5.41, 5.74) is 5.52. The van der Waals surface area contributed by atoms with Crippen LogP contribution < -0.4 is 5.73 Å². The number of sulfonamides is 1. The molecule has 0 atom stereocenters. The Morgan fingerprint density at radius 3 is 2.70 bits per heavy atom. The molecule has 0 unspecified atom stereocenters. The lowest BCUT2D eigenvalue weighted by atomic mass is 10.0. The van der Waals surface area contributed by atoms with E-state index in [1.807, 2.05) is 0 Å². The van der Waals surface area contributed by atoms with Crippen LogP contribution in [-0.4, -0.2) is 44.5 Å². The van der Waals surface area contributed by atoms with E-state index in [9.17, 15) is 8.42 Å². The predicted octanol–water partition coefficient (Wildman–Crippen LogP) is 1.43. The Morgan fingerprint density at radius 1 is 1.50 bits per heavy atom. The van der Waals surface area contributed by atoms with Crippen molar-refractivity contribution in [3.8, 4) is 0 Å². The molecule has 0 aliphatic carbocycles. The van der Waals surface area contributed by atoms with Crippen molar-refractivity contribution in [2.45, 2.75) is 17.1 Å². The molecule has 0 radical (unpaired) electrons. The molecule has 8 heteroatoms. The molecule has 5 nitrogen and oxygen atoms in total. The number of nitrogens with zero attached hydrogens (tertiary/aromatic N) is 1. The third kappa shape index (κ3) is 3.56. The SMILES string of the molecule is CN(CC1CCOCC1)S(=O)(=O)c1ccc(C(N)=S)s1. The second-order valence-corrected chi connectivity index (χ2v) is 8.62. The van der Waals surface area contributed by atoms with Crippen LogP contribution in [0.25, 0.3) is 0 Å². The van der Waals surface area contributed by atoms with E-state index in [-0.39, 0.29) is 9.20 Å². The molecule has 0 amide bonds. The van der Waals surface area contributed by atoms with Gasteiger partial charge in [-0.3, -0.25) is 0 Å². The maximum Gasteiger partial charge on any atom is 0.252 e. The first kappa shape index (κ1) is 15.8. The van der Waals surface area contributed by atoms with Gasteiger partial charge in [-0.2, -0.15) is 4.31 Å². The molecule has 0 saturated carbocycles. The van der Waals surface area contributed by atoms with Crippen molar-refractivity contribution in [3.63, 3.8) is 0 Å². The van der Waals surface area contributed by atoms with E-state index in [2.05, 4.69) is 0 Å². The minimum Gasteiger partial charge on any atom is -0.389 e. The van der Waals surface area contributed by atoms with Gasteiger partial charge in [0.15, 0.2) is 0 Å². The average molecular weight is 334 g/mol. The van der Waals surface area contributed by atoms with E-state index in [0.717, 1.165) is 24.2 Å². The molecule has 2 N–H and O–H groups in total. The molecule has 1 saturated heterocycles. The van der Waals surface area contributed by atoms with Gasteiger partial charge in [0.05, 0.1) is 4.88 Å². The molecule has 2 heterocycles. The van der Waals surface area contributed by atoms with Crippen LogP contribution in [0.15, 0.2) is 16.3 Å². The second-order valence-electron chi connectivity index (χ2n) is 4.82. The summed E-state index contributed by atoms with van der Waals surface area (Å²) >= 11 is 5.98. The Bertz CT molecular complexity index is 577. The van der Waals surface area contributed by atoms with E-state index in [4.69, 9.17) is 22.7 Å². The monoisotopic (exact) mass is 334 g/mol. The molecule has 1 aliphatic rings. The number of thiocarbonyl (C=S) groups is 1. The van der Waals surface area contributed by atoms with Crippen LogP contribution in [0.4, 0.5) is 0 Å². The Balaban J connectivity index is 2.09. The zero-order valence-electron chi connectivity index (χ0n) is 11.2. The number of nitrogens with two attached hydrogens (primary N) is 1. The van der Waals surface area contributed by atoms with Crippen molar-refractivity contribution in [2.24, 2.45) is 11.7 Å². The van der Waals surface area contributed by atoms with Crippen molar-refractivity contribution in [2.75, 3.05) is 26.8 Å². The number of ether oxygens (including phenoxy) is 1. The normalized spacial score (nSPS) is 17.5. The van der Waals surface area contributed by atoms with Gasteiger partial charge in [-0.15, -0.1) is 11.3 Å². The third-order valence-corrected chi connectivity index (χ3v) is 7.10. The first-order valence-electron chi connectivity index (χ1n) is 6.35. The standard InChI is InChI=1S/C12H18N2O3S3/c1-14(8-9-4-6-17-7-5-9)20(15,16)11-3-2-10(19-11)12(13)18/h2-3,9H,4-8H2,1H3,(H2,13,18). The molecule has 0 aromatic carbocycles. The van der Waals surface area contributed by atoms with Crippen LogP contribution in [-0.2, 0) is 14.8 Å². The number of rotatable bonds is 5. The van der Waals surface area contributed by atoms with Crippen LogP contribution in [0.1, 0.15) is 17.7 Å². The molecule has 112 valence electrons. The number of thiophene rings is 1. The molecule has 0 spiro atoms. The summed E-state index contributed by atoms with van der Waals surface area (Å²) in [5, 5.41) is 0. The largest absolute Gasteiger partial charge is 0.389 e. The highest BCUT2D eigenvalue weighted by atomic mass is 32.2. The molecule has 1 aliphatic heterocycles. The lowest BCUT2D eigenvalue weighted by Gasteiger charge is -2.26. The van der Waals surface area contributed by atoms with Gasteiger partial charge in [0.2, 0.25) is 0 Å². The summed E-state index contributed by atoms with van der Waals surface area (Å²) < 4.78 is 31.9. The fraction of sp³-hybridized carbons (Fsp3) is 0.583. The van der Waals surface area contributed by atoms with Gasteiger partial charge in [-0.25, -0.2) is 8.42 Å². The van der Waals surface area contributed by atoms with Gasteiger partial charge < -0.3 is 10.5 Å². The lowest BCUT2D eigenvalue weighted by Crippen LogP contribution is -2.33. The van der Waals surface area contributed by atoms with Gasteiger partial charge >= 0.3 is 0 Å². The summed E-state index contributed by atoms with van der Waals surface area (Å²) in [6, 6.07) is 3.22. The fourth-order valence-corrected chi connectivity index (χ4v) is 4.94. The molecule has 1 fully saturated rings. The highest BCUT2D eigenvalue weighted by Gasteiger charge is 2.26. The average Bonchev–Trinajstić information content (AvgIpc) is 2.90. The summed E-state index contributed by atoms with van der Waals surface area (Å²) in [6.45, 7) is 1.94. The Labute approximate surface area is 128 Å². The second kappa shape index (κ2) is 6.48. The lowest BCUT2D eigenvalue weighted by molar-refractivity contribution is 0.0620. The van der Waals surface area contributed by atoms with E-state index >= 15 is 0 Å². The molecular weight excluding hydrogens is 316 g/mol. The van der Waals surface area contributed by atoms with Crippen LogP contribution in [0, 0.1) is 5.92 Å². The Morgan fingerprint density at radius 2 is 2.15 bits per heavy atom. The van der Waals surface area contributed by atoms with Gasteiger partial charge in [-0.1, -0.05) is 12.2 Å². The number of hydrogen-bond acceptors (Lipinski definition) is 5. The van der Waals surface area contributed by atoms with Crippen molar-refractivity contribution >= 4 is 38.6 Å². The van der Waals surface area contributed by atoms with Gasteiger partial charge in [0, 0.05) is 26.8 Å². The van der Waals surface area contributed by atoms with Crippen molar-refractivity contribution in [1.82, 2.24) is 4.31 Å². The van der Waals surface area contributed by atoms with E-state index < -0.39 is 10.0 Å². The molecule has 1 aromatic rings. The van der Waals surface area contributed by atoms with E-state index in [0.29, 0.717) is 30.6 Å². The minimum atomic E-state index is -3.46. The van der Waals surface area contributed by atoms with Gasteiger partial charge in [0.1, 0.15) is 9.20 Å². The molecule has 1 aromatic heterocycles. The summed E-state index contributed by atoms with van der Waals surface area (Å²) in [4.78, 5) is 0.849. The van der Waals surface area contributed by atoms with Crippen LogP contribution in [0.2, 0.25) is 0 Å². The van der Waals surface area contributed by atoms with Gasteiger partial charge in [0.25, 0.3) is 10.0 Å². The van der Waals surface area contributed by atoms with Crippen LogP contribution >= 0.6 is 23.6 Å². The highest BCUT2D eigenvalue weighted by Crippen LogP contribution is 2.26.